The van der Waals surface area contributed by atoms with Crippen LogP contribution in [0, 0.1) is 11.3 Å². The first-order chi connectivity index (χ1) is 8.24. The average molecular weight is 229 g/mol. The van der Waals surface area contributed by atoms with Crippen LogP contribution in [0.1, 0.15) is 56.1 Å². The van der Waals surface area contributed by atoms with Crippen molar-refractivity contribution < 1.29 is 4.74 Å². The highest BCUT2D eigenvalue weighted by atomic mass is 16.5. The second-order valence-corrected chi connectivity index (χ2v) is 4.97. The van der Waals surface area contributed by atoms with Gasteiger partial charge in [-0.1, -0.05) is 32.0 Å². The lowest BCUT2D eigenvalue weighted by Gasteiger charge is -2.18. The first-order valence-corrected chi connectivity index (χ1v) is 6.36. The lowest BCUT2D eigenvalue weighted by molar-refractivity contribution is 0.312. The number of para-hydroxylation sites is 1. The molecule has 17 heavy (non-hydrogen) atoms. The van der Waals surface area contributed by atoms with Gasteiger partial charge in [-0.3, -0.25) is 0 Å². The fraction of sp³-hybridized carbons (Fsp3) is 0.533. The minimum absolute atomic E-state index is 0.344. The van der Waals surface area contributed by atoms with Gasteiger partial charge < -0.3 is 4.74 Å². The summed E-state index contributed by atoms with van der Waals surface area (Å²) in [6.07, 6.45) is 2.69. The third-order valence-electron chi connectivity index (χ3n) is 3.42. The number of nitriles is 1. The van der Waals surface area contributed by atoms with Crippen molar-refractivity contribution in [3.63, 3.8) is 0 Å². The van der Waals surface area contributed by atoms with Crippen molar-refractivity contribution in [3.8, 4) is 11.8 Å². The van der Waals surface area contributed by atoms with Gasteiger partial charge in [0, 0.05) is 12.3 Å². The monoisotopic (exact) mass is 229 g/mol. The van der Waals surface area contributed by atoms with Crippen LogP contribution in [0.2, 0.25) is 0 Å². The number of benzene rings is 1. The van der Waals surface area contributed by atoms with Gasteiger partial charge in [-0.15, -0.1) is 0 Å². The summed E-state index contributed by atoms with van der Waals surface area (Å²) in [6, 6.07) is 8.65. The van der Waals surface area contributed by atoms with E-state index < -0.39 is 0 Å². The summed E-state index contributed by atoms with van der Waals surface area (Å²) in [4.78, 5) is 0. The normalized spacial score (nSPS) is 19.1. The molecule has 0 saturated carbocycles. The lowest BCUT2D eigenvalue weighted by atomic mass is 9.88. The molecule has 2 rings (SSSR count). The highest BCUT2D eigenvalue weighted by Crippen LogP contribution is 2.39. The molecule has 0 spiro atoms. The molecule has 0 fully saturated rings. The molecule has 2 heteroatoms. The van der Waals surface area contributed by atoms with Gasteiger partial charge in [0.25, 0.3) is 0 Å². The molecule has 1 aliphatic heterocycles. The van der Waals surface area contributed by atoms with E-state index in [1.807, 2.05) is 0 Å². The minimum atomic E-state index is 0.344. The maximum absolute atomic E-state index is 8.92. The molecule has 1 aromatic rings. The van der Waals surface area contributed by atoms with E-state index in [9.17, 15) is 0 Å². The molecule has 90 valence electrons. The first kappa shape index (κ1) is 12.0. The van der Waals surface area contributed by atoms with E-state index >= 15 is 0 Å². The topological polar surface area (TPSA) is 33.0 Å². The summed E-state index contributed by atoms with van der Waals surface area (Å²) in [5.41, 5.74) is 2.50. The number of hydrogen-bond donors (Lipinski definition) is 0. The van der Waals surface area contributed by atoms with Crippen LogP contribution in [0.3, 0.4) is 0 Å². The maximum Gasteiger partial charge on any atom is 0.126 e. The van der Waals surface area contributed by atoms with Gasteiger partial charge in [0.2, 0.25) is 0 Å². The highest BCUT2D eigenvalue weighted by molar-refractivity contribution is 5.46. The van der Waals surface area contributed by atoms with E-state index in [0.29, 0.717) is 18.3 Å². The molecule has 1 aromatic carbocycles. The van der Waals surface area contributed by atoms with Crippen LogP contribution in [-0.2, 0) is 0 Å². The number of nitrogens with zero attached hydrogens (tertiary/aromatic N) is 1. The summed E-state index contributed by atoms with van der Waals surface area (Å²) in [5.74, 6) is 1.85. The van der Waals surface area contributed by atoms with Crippen molar-refractivity contribution in [1.82, 2.24) is 0 Å². The van der Waals surface area contributed by atoms with Crippen LogP contribution in [0.25, 0.3) is 0 Å². The Labute approximate surface area is 103 Å². The van der Waals surface area contributed by atoms with Crippen LogP contribution in [0.4, 0.5) is 0 Å². The van der Waals surface area contributed by atoms with Gasteiger partial charge in [-0.2, -0.15) is 5.26 Å². The fourth-order valence-electron chi connectivity index (χ4n) is 2.50. The van der Waals surface area contributed by atoms with Crippen molar-refractivity contribution in [2.24, 2.45) is 0 Å². The number of rotatable bonds is 2. The smallest absolute Gasteiger partial charge is 0.126 e. The Morgan fingerprint density at radius 2 is 2.29 bits per heavy atom. The molecule has 1 heterocycles. The molecular weight excluding hydrogens is 210 g/mol. The van der Waals surface area contributed by atoms with Crippen LogP contribution >= 0.6 is 0 Å². The molecule has 2 nitrogen and oxygen atoms in total. The Morgan fingerprint density at radius 1 is 1.47 bits per heavy atom. The zero-order chi connectivity index (χ0) is 12.3. The van der Waals surface area contributed by atoms with Gasteiger partial charge in [0.1, 0.15) is 5.75 Å². The third-order valence-corrected chi connectivity index (χ3v) is 3.42. The van der Waals surface area contributed by atoms with E-state index in [1.165, 1.54) is 11.1 Å². The molecular formula is C15H19NO. The quantitative estimate of drug-likeness (QED) is 0.768. The van der Waals surface area contributed by atoms with Gasteiger partial charge in [-0.05, 0) is 29.9 Å². The van der Waals surface area contributed by atoms with Crippen molar-refractivity contribution in [2.45, 2.75) is 44.9 Å². The Kier molecular flexibility index (Phi) is 3.68. The fourth-order valence-corrected chi connectivity index (χ4v) is 2.50. The van der Waals surface area contributed by atoms with Gasteiger partial charge in [-0.25, -0.2) is 0 Å². The number of ether oxygens (including phenoxy) is 1. The molecule has 0 N–H and O–H groups in total. The zero-order valence-electron chi connectivity index (χ0n) is 10.6. The molecule has 0 radical (unpaired) electrons. The van der Waals surface area contributed by atoms with E-state index in [0.717, 1.165) is 25.2 Å². The van der Waals surface area contributed by atoms with E-state index in [-0.39, 0.29) is 0 Å². The standard InChI is InChI=1S/C15H19NO/c1-11(2)13-6-3-7-14-12(8-9-16)5-4-10-17-15(13)14/h3,6-7,11-12H,4-5,8,10H2,1-2H3. The van der Waals surface area contributed by atoms with Crippen molar-refractivity contribution >= 4 is 0 Å². The predicted molar refractivity (Wildman–Crippen MR) is 68.2 cm³/mol. The summed E-state index contributed by atoms with van der Waals surface area (Å²) >= 11 is 0. The SMILES string of the molecule is CC(C)c1cccc2c1OCCCC2CC#N. The van der Waals surface area contributed by atoms with Crippen LogP contribution < -0.4 is 4.74 Å². The molecule has 0 aromatic heterocycles. The molecule has 0 aliphatic carbocycles. The molecule has 1 atom stereocenters. The highest BCUT2D eigenvalue weighted by Gasteiger charge is 2.22. The van der Waals surface area contributed by atoms with Crippen LogP contribution in [-0.4, -0.2) is 6.61 Å². The lowest BCUT2D eigenvalue weighted by Crippen LogP contribution is -2.02. The number of hydrogen-bond acceptors (Lipinski definition) is 2. The minimum Gasteiger partial charge on any atom is -0.493 e. The van der Waals surface area contributed by atoms with Crippen molar-refractivity contribution in [3.05, 3.63) is 29.3 Å². The predicted octanol–water partition coefficient (Wildman–Crippen LogP) is 3.98. The third kappa shape index (κ3) is 2.44. The Morgan fingerprint density at radius 3 is 3.00 bits per heavy atom. The Bertz CT molecular complexity index is 431. The summed E-state index contributed by atoms with van der Waals surface area (Å²) in [5, 5.41) is 8.92. The first-order valence-electron chi connectivity index (χ1n) is 6.36. The van der Waals surface area contributed by atoms with Gasteiger partial charge in [0.05, 0.1) is 12.7 Å². The second kappa shape index (κ2) is 5.23. The number of fused-ring (bicyclic) bond motifs is 1. The largest absolute Gasteiger partial charge is 0.493 e. The molecule has 0 bridgehead atoms. The van der Waals surface area contributed by atoms with Gasteiger partial charge >= 0.3 is 0 Å². The zero-order valence-corrected chi connectivity index (χ0v) is 10.6. The summed E-state index contributed by atoms with van der Waals surface area (Å²) in [6.45, 7) is 5.14. The maximum atomic E-state index is 8.92. The Hall–Kier alpha value is -1.49. The van der Waals surface area contributed by atoms with Crippen LogP contribution in [0.5, 0.6) is 5.75 Å². The van der Waals surface area contributed by atoms with Crippen LogP contribution in [0.15, 0.2) is 18.2 Å². The molecule has 0 amide bonds. The summed E-state index contributed by atoms with van der Waals surface area (Å²) in [7, 11) is 0. The van der Waals surface area contributed by atoms with Crippen molar-refractivity contribution in [2.75, 3.05) is 6.61 Å². The summed E-state index contributed by atoms with van der Waals surface area (Å²) < 4.78 is 5.91. The van der Waals surface area contributed by atoms with E-state index in [2.05, 4.69) is 38.1 Å². The molecule has 1 aliphatic rings. The molecule has 0 saturated heterocycles. The Balaban J connectivity index is 2.45. The van der Waals surface area contributed by atoms with E-state index in [4.69, 9.17) is 10.00 Å². The second-order valence-electron chi connectivity index (χ2n) is 4.97. The average Bonchev–Trinajstić information content (AvgIpc) is 2.52. The van der Waals surface area contributed by atoms with Crippen molar-refractivity contribution in [1.29, 1.82) is 5.26 Å². The van der Waals surface area contributed by atoms with E-state index in [1.54, 1.807) is 0 Å². The van der Waals surface area contributed by atoms with Gasteiger partial charge in [0.15, 0.2) is 0 Å². The molecule has 1 unspecified atom stereocenters.